The highest BCUT2D eigenvalue weighted by Crippen LogP contribution is 2.38. The molecule has 1 unspecified atom stereocenters. The molecule has 1 aliphatic carbocycles. The molecule has 0 aromatic heterocycles. The zero-order chi connectivity index (χ0) is 20.4. The molecule has 8 nitrogen and oxygen atoms in total. The maximum atomic E-state index is 13.2. The van der Waals surface area contributed by atoms with Crippen molar-refractivity contribution in [2.75, 3.05) is 44.2 Å². The lowest BCUT2D eigenvalue weighted by Gasteiger charge is -2.41. The van der Waals surface area contributed by atoms with Gasteiger partial charge in [-0.15, -0.1) is 0 Å². The Hall–Kier alpha value is -2.83. The van der Waals surface area contributed by atoms with Gasteiger partial charge in [0.25, 0.3) is 0 Å². The van der Waals surface area contributed by atoms with Crippen molar-refractivity contribution in [1.29, 1.82) is 5.26 Å². The summed E-state index contributed by atoms with van der Waals surface area (Å²) in [5, 5.41) is 23.7. The minimum Gasteiger partial charge on any atom is -0.395 e. The molecule has 0 radical (unpaired) electrons. The number of amidine groups is 1. The Balaban J connectivity index is 1.54. The summed E-state index contributed by atoms with van der Waals surface area (Å²) < 4.78 is 13.2. The van der Waals surface area contributed by atoms with E-state index in [1.54, 1.807) is 17.1 Å². The van der Waals surface area contributed by atoms with Gasteiger partial charge < -0.3 is 20.2 Å². The summed E-state index contributed by atoms with van der Waals surface area (Å²) in [5.74, 6) is 7.64. The van der Waals surface area contributed by atoms with Gasteiger partial charge in [0.2, 0.25) is 0 Å². The van der Waals surface area contributed by atoms with Crippen LogP contribution in [0.2, 0.25) is 0 Å². The fourth-order valence-corrected chi connectivity index (χ4v) is 3.87. The van der Waals surface area contributed by atoms with Gasteiger partial charge in [0.1, 0.15) is 35.3 Å². The molecule has 2 fully saturated rings. The lowest BCUT2D eigenvalue weighted by atomic mass is 10.1. The van der Waals surface area contributed by atoms with Gasteiger partial charge in [0, 0.05) is 44.3 Å². The maximum absolute atomic E-state index is 13.2. The van der Waals surface area contributed by atoms with Crippen LogP contribution in [0.3, 0.4) is 0 Å². The highest BCUT2D eigenvalue weighted by atomic mass is 19.1. The molecule has 4 N–H and O–H groups in total. The van der Waals surface area contributed by atoms with Crippen LogP contribution in [0.1, 0.15) is 12.8 Å². The molecule has 0 spiro atoms. The molecule has 1 atom stereocenters. The molecule has 0 bridgehead atoms. The van der Waals surface area contributed by atoms with Gasteiger partial charge in [-0.3, -0.25) is 5.01 Å². The van der Waals surface area contributed by atoms with Crippen molar-refractivity contribution in [1.82, 2.24) is 15.2 Å². The van der Waals surface area contributed by atoms with Crippen LogP contribution in [-0.2, 0) is 0 Å². The first-order valence-electron chi connectivity index (χ1n) is 9.99. The number of piperazine rings is 1. The Bertz CT molecular complexity index is 835. The lowest BCUT2D eigenvalue weighted by molar-refractivity contribution is 0.206. The van der Waals surface area contributed by atoms with E-state index in [0.29, 0.717) is 42.8 Å². The van der Waals surface area contributed by atoms with E-state index in [-0.39, 0.29) is 18.6 Å². The number of nitrogens with one attached hydrogen (secondary N) is 1. The van der Waals surface area contributed by atoms with Crippen molar-refractivity contribution >= 4 is 11.5 Å². The zero-order valence-corrected chi connectivity index (χ0v) is 16.3. The van der Waals surface area contributed by atoms with Crippen molar-refractivity contribution in [2.24, 2.45) is 16.8 Å². The Morgan fingerprint density at radius 2 is 1.83 bits per heavy atom. The molecule has 3 aliphatic rings. The summed E-state index contributed by atoms with van der Waals surface area (Å²) in [6, 6.07) is 8.77. The Labute approximate surface area is 169 Å². The first-order valence-corrected chi connectivity index (χ1v) is 9.99. The normalized spacial score (nSPS) is 22.5. The first-order chi connectivity index (χ1) is 14.1. The van der Waals surface area contributed by atoms with Crippen molar-refractivity contribution < 1.29 is 9.50 Å². The maximum Gasteiger partial charge on any atom is 0.147 e. The van der Waals surface area contributed by atoms with E-state index in [1.807, 2.05) is 0 Å². The monoisotopic (exact) mass is 399 g/mol. The summed E-state index contributed by atoms with van der Waals surface area (Å²) in [5.41, 5.74) is 1.40. The third-order valence-corrected chi connectivity index (χ3v) is 5.59. The van der Waals surface area contributed by atoms with Gasteiger partial charge in [0.05, 0.1) is 6.61 Å². The fourth-order valence-electron chi connectivity index (χ4n) is 3.87. The fraction of sp³-hybridized carbons (Fsp3) is 0.500. The van der Waals surface area contributed by atoms with E-state index in [2.05, 4.69) is 21.2 Å². The minimum absolute atomic E-state index is 0.0486. The van der Waals surface area contributed by atoms with E-state index in [1.165, 1.54) is 12.1 Å². The van der Waals surface area contributed by atoms with Crippen LogP contribution < -0.4 is 16.1 Å². The lowest BCUT2D eigenvalue weighted by Crippen LogP contribution is -2.55. The second-order valence-corrected chi connectivity index (χ2v) is 7.55. The van der Waals surface area contributed by atoms with Crippen LogP contribution in [0.4, 0.5) is 10.1 Å². The minimum atomic E-state index is -0.242. The summed E-state index contributed by atoms with van der Waals surface area (Å²) in [6.07, 6.45) is 1.95. The largest absolute Gasteiger partial charge is 0.395 e. The molecule has 0 amide bonds. The average molecular weight is 399 g/mol. The Kier molecular flexibility index (Phi) is 5.56. The van der Waals surface area contributed by atoms with Gasteiger partial charge >= 0.3 is 0 Å². The molecule has 1 saturated heterocycles. The molecule has 29 heavy (non-hydrogen) atoms. The number of rotatable bonds is 5. The number of hydrogen-bond donors (Lipinski definition) is 3. The number of nitrogens with zero attached hydrogens (tertiary/aromatic N) is 5. The number of benzene rings is 1. The van der Waals surface area contributed by atoms with Crippen molar-refractivity contribution in [3.05, 3.63) is 41.5 Å². The van der Waals surface area contributed by atoms with Crippen molar-refractivity contribution in [3.8, 4) is 6.07 Å². The van der Waals surface area contributed by atoms with Gasteiger partial charge in [-0.05, 0) is 37.1 Å². The molecule has 2 heterocycles. The van der Waals surface area contributed by atoms with Gasteiger partial charge in [0.15, 0.2) is 0 Å². The Morgan fingerprint density at radius 3 is 2.41 bits per heavy atom. The topological polar surface area (TPSA) is 104 Å². The third-order valence-electron chi connectivity index (χ3n) is 5.59. The van der Waals surface area contributed by atoms with Crippen molar-refractivity contribution in [3.63, 3.8) is 0 Å². The summed E-state index contributed by atoms with van der Waals surface area (Å²) in [7, 11) is 0. The standard InChI is InChI=1S/C20H26FN7O/c21-15-3-5-16(6-4-15)26-8-10-27(11-9-26)20-17(13-22)19(24-7-12-29)28(23)18(25-20)14-1-2-14/h3-6,14,18,24,29H,1-2,7-12,23H2. The Morgan fingerprint density at radius 1 is 1.17 bits per heavy atom. The quantitative estimate of drug-likeness (QED) is 0.623. The molecular formula is C20H26FN7O. The number of anilines is 1. The number of hydrogen-bond acceptors (Lipinski definition) is 8. The summed E-state index contributed by atoms with van der Waals surface area (Å²) >= 11 is 0. The average Bonchev–Trinajstić information content (AvgIpc) is 3.58. The van der Waals surface area contributed by atoms with E-state index in [0.717, 1.165) is 31.6 Å². The van der Waals surface area contributed by atoms with E-state index in [9.17, 15) is 14.8 Å². The molecule has 4 rings (SSSR count). The first kappa shape index (κ1) is 19.5. The van der Waals surface area contributed by atoms with E-state index >= 15 is 0 Å². The molecule has 9 heteroatoms. The number of aliphatic hydroxyl groups is 1. The predicted molar refractivity (Wildman–Crippen MR) is 108 cm³/mol. The van der Waals surface area contributed by atoms with E-state index in [4.69, 9.17) is 10.8 Å². The van der Waals surface area contributed by atoms with Crippen LogP contribution in [0, 0.1) is 23.1 Å². The van der Waals surface area contributed by atoms with Crippen LogP contribution in [0.5, 0.6) is 0 Å². The highest BCUT2D eigenvalue weighted by molar-refractivity contribution is 6.03. The second kappa shape index (κ2) is 8.27. The second-order valence-electron chi connectivity index (χ2n) is 7.55. The van der Waals surface area contributed by atoms with Gasteiger partial charge in [-0.1, -0.05) is 0 Å². The molecule has 1 saturated carbocycles. The zero-order valence-electron chi connectivity index (χ0n) is 16.3. The number of hydrazine groups is 1. The van der Waals surface area contributed by atoms with Gasteiger partial charge in [-0.25, -0.2) is 15.2 Å². The summed E-state index contributed by atoms with van der Waals surface area (Å²) in [4.78, 5) is 9.19. The third kappa shape index (κ3) is 3.99. The van der Waals surface area contributed by atoms with Crippen LogP contribution in [0.15, 0.2) is 40.7 Å². The number of aliphatic imine (C=N–C) groups is 1. The van der Waals surface area contributed by atoms with Crippen LogP contribution in [-0.4, -0.2) is 66.3 Å². The number of aliphatic hydroxyl groups excluding tert-OH is 1. The molecule has 2 aliphatic heterocycles. The van der Waals surface area contributed by atoms with Crippen LogP contribution in [0.25, 0.3) is 0 Å². The SMILES string of the molecule is N#CC1=C(NCCO)N(N)C(C2CC2)N=C1N1CCN(c2ccc(F)cc2)CC1. The van der Waals surface area contributed by atoms with E-state index < -0.39 is 0 Å². The van der Waals surface area contributed by atoms with Crippen molar-refractivity contribution in [2.45, 2.75) is 19.0 Å². The molecule has 1 aromatic rings. The predicted octanol–water partition coefficient (Wildman–Crippen LogP) is 0.589. The highest BCUT2D eigenvalue weighted by Gasteiger charge is 2.41. The number of nitriles is 1. The molecular weight excluding hydrogens is 373 g/mol. The molecule has 1 aromatic carbocycles. The smallest absolute Gasteiger partial charge is 0.147 e. The van der Waals surface area contributed by atoms with Crippen LogP contribution >= 0.6 is 0 Å². The number of nitrogens with two attached hydrogens (primary N) is 1. The summed E-state index contributed by atoms with van der Waals surface area (Å²) in [6.45, 7) is 3.18. The number of halogens is 1. The van der Waals surface area contributed by atoms with Gasteiger partial charge in [-0.2, -0.15) is 5.26 Å². The molecule has 154 valence electrons.